The highest BCUT2D eigenvalue weighted by Crippen LogP contribution is 2.57. The molecule has 34 heavy (non-hydrogen) atoms. The molecule has 1 aromatic heterocycles. The summed E-state index contributed by atoms with van der Waals surface area (Å²) in [7, 11) is 1.52. The maximum atomic E-state index is 13.9. The molecule has 1 atom stereocenters. The molecule has 9 nitrogen and oxygen atoms in total. The van der Waals surface area contributed by atoms with Crippen molar-refractivity contribution in [2.24, 2.45) is 5.73 Å². The molecule has 4 N–H and O–H groups in total. The second-order valence-corrected chi connectivity index (χ2v) is 9.07. The number of thiophene rings is 1. The number of primary amides is 1. The van der Waals surface area contributed by atoms with Gasteiger partial charge in [0, 0.05) is 11.3 Å². The van der Waals surface area contributed by atoms with Gasteiger partial charge in [-0.25, -0.2) is 4.79 Å². The third-order valence-electron chi connectivity index (χ3n) is 6.14. The maximum absolute atomic E-state index is 13.9. The van der Waals surface area contributed by atoms with Crippen molar-refractivity contribution in [2.75, 3.05) is 23.9 Å². The average Bonchev–Trinajstić information content (AvgIpc) is 3.30. The Kier molecular flexibility index (Phi) is 4.90. The first-order valence-corrected chi connectivity index (χ1v) is 11.1. The molecule has 0 aliphatic carbocycles. The smallest absolute Gasteiger partial charge is 0.346 e. The van der Waals surface area contributed by atoms with Crippen LogP contribution in [0.1, 0.15) is 26.5 Å². The van der Waals surface area contributed by atoms with Crippen molar-refractivity contribution in [3.8, 4) is 16.9 Å². The van der Waals surface area contributed by atoms with E-state index >= 15 is 0 Å². The number of methoxy groups -OCH3 is 1. The summed E-state index contributed by atoms with van der Waals surface area (Å²) in [6.45, 7) is -0.350. The highest BCUT2D eigenvalue weighted by molar-refractivity contribution is 7.15. The van der Waals surface area contributed by atoms with Gasteiger partial charge in [-0.3, -0.25) is 14.4 Å². The zero-order valence-corrected chi connectivity index (χ0v) is 18.8. The van der Waals surface area contributed by atoms with Crippen molar-refractivity contribution < 1.29 is 29.0 Å². The lowest BCUT2D eigenvalue weighted by atomic mass is 9.74. The largest absolute Gasteiger partial charge is 0.497 e. The van der Waals surface area contributed by atoms with Crippen LogP contribution >= 0.6 is 11.3 Å². The van der Waals surface area contributed by atoms with E-state index in [-0.39, 0.29) is 23.5 Å². The quantitative estimate of drug-likeness (QED) is 0.516. The Morgan fingerprint density at radius 1 is 1.18 bits per heavy atom. The fourth-order valence-electron chi connectivity index (χ4n) is 4.77. The highest BCUT2D eigenvalue weighted by atomic mass is 32.1. The molecule has 0 saturated carbocycles. The molecule has 0 radical (unpaired) electrons. The van der Waals surface area contributed by atoms with E-state index in [0.717, 1.165) is 11.3 Å². The minimum atomic E-state index is -1.46. The van der Waals surface area contributed by atoms with Gasteiger partial charge in [-0.1, -0.05) is 30.3 Å². The molecule has 0 unspecified atom stereocenters. The summed E-state index contributed by atoms with van der Waals surface area (Å²) in [5, 5.41) is 12.8. The number of para-hydroxylation sites is 1. The van der Waals surface area contributed by atoms with Crippen LogP contribution in [0.3, 0.4) is 0 Å². The van der Waals surface area contributed by atoms with Crippen LogP contribution in [0.15, 0.2) is 48.5 Å². The Balaban J connectivity index is 1.80. The lowest BCUT2D eigenvalue weighted by Gasteiger charge is -2.32. The summed E-state index contributed by atoms with van der Waals surface area (Å²) in [6.07, 6.45) is -0.216. The topological polar surface area (TPSA) is 139 Å². The second kappa shape index (κ2) is 7.70. The van der Waals surface area contributed by atoms with Crippen LogP contribution in [0.2, 0.25) is 0 Å². The number of rotatable bonds is 5. The number of amides is 3. The number of hydrogen-bond acceptors (Lipinski definition) is 6. The number of ether oxygens (including phenoxy) is 1. The van der Waals surface area contributed by atoms with Gasteiger partial charge in [0.15, 0.2) is 0 Å². The summed E-state index contributed by atoms with van der Waals surface area (Å²) < 4.78 is 5.20. The van der Waals surface area contributed by atoms with Crippen LogP contribution < -0.4 is 20.7 Å². The van der Waals surface area contributed by atoms with Gasteiger partial charge < -0.3 is 25.8 Å². The highest BCUT2D eigenvalue weighted by Gasteiger charge is 2.58. The van der Waals surface area contributed by atoms with Crippen molar-refractivity contribution >= 4 is 46.4 Å². The summed E-state index contributed by atoms with van der Waals surface area (Å²) in [5.41, 5.74) is 6.12. The second-order valence-electron chi connectivity index (χ2n) is 8.05. The fraction of sp³-hybridized carbons (Fsp3) is 0.167. The molecule has 0 saturated heterocycles. The summed E-state index contributed by atoms with van der Waals surface area (Å²) in [6, 6.07) is 13.7. The first-order valence-electron chi connectivity index (χ1n) is 10.3. The molecule has 10 heteroatoms. The molecule has 172 valence electrons. The molecule has 2 aliphatic heterocycles. The summed E-state index contributed by atoms with van der Waals surface area (Å²) in [5.74, 6) is -2.20. The van der Waals surface area contributed by atoms with Gasteiger partial charge in [0.05, 0.1) is 24.1 Å². The number of carbonyl (C=O) groups is 4. The van der Waals surface area contributed by atoms with Crippen LogP contribution in [0.25, 0.3) is 11.1 Å². The standard InChI is InChI=1S/C24H19N3O6S/c1-33-13-8-6-12(7-9-13)18-19-21(34-20(18)22(30)31)24(10-17(29)26-19)14-4-2-3-5-15(14)27(23(24)32)11-16(25)28/h2-9H,10-11H2,1H3,(H2,25,28)(H,26,29)(H,30,31)/t24-/m0/s1. The van der Waals surface area contributed by atoms with E-state index in [9.17, 15) is 24.3 Å². The fourth-order valence-corrected chi connectivity index (χ4v) is 6.08. The van der Waals surface area contributed by atoms with Crippen molar-refractivity contribution in [1.82, 2.24) is 0 Å². The minimum Gasteiger partial charge on any atom is -0.497 e. The minimum absolute atomic E-state index is 0.00428. The number of carboxylic acids is 1. The van der Waals surface area contributed by atoms with E-state index in [0.29, 0.717) is 33.0 Å². The van der Waals surface area contributed by atoms with E-state index in [2.05, 4.69) is 5.32 Å². The van der Waals surface area contributed by atoms with E-state index in [4.69, 9.17) is 10.5 Å². The van der Waals surface area contributed by atoms with Gasteiger partial charge in [0.1, 0.15) is 22.6 Å². The predicted molar refractivity (Wildman–Crippen MR) is 125 cm³/mol. The Labute approximate surface area is 197 Å². The van der Waals surface area contributed by atoms with Crippen molar-refractivity contribution in [2.45, 2.75) is 11.8 Å². The number of fused-ring (bicyclic) bond motifs is 4. The van der Waals surface area contributed by atoms with Crippen LogP contribution in [-0.4, -0.2) is 42.5 Å². The molecular formula is C24H19N3O6S. The van der Waals surface area contributed by atoms with E-state index in [1.54, 1.807) is 48.5 Å². The summed E-state index contributed by atoms with van der Waals surface area (Å²) >= 11 is 0.952. The molecule has 1 spiro atoms. The average molecular weight is 477 g/mol. The number of aromatic carboxylic acids is 1. The van der Waals surface area contributed by atoms with Crippen molar-refractivity contribution in [3.63, 3.8) is 0 Å². The Morgan fingerprint density at radius 3 is 2.53 bits per heavy atom. The summed E-state index contributed by atoms with van der Waals surface area (Å²) in [4.78, 5) is 52.6. The third-order valence-corrected chi connectivity index (χ3v) is 7.48. The van der Waals surface area contributed by atoms with E-state index < -0.39 is 29.1 Å². The third kappa shape index (κ3) is 2.99. The number of hydrogen-bond donors (Lipinski definition) is 3. The zero-order chi connectivity index (χ0) is 24.2. The first kappa shape index (κ1) is 21.7. The molecule has 3 heterocycles. The Morgan fingerprint density at radius 2 is 1.88 bits per heavy atom. The number of carboxylic acid groups (broad SMARTS) is 1. The van der Waals surface area contributed by atoms with Gasteiger partial charge in [0.2, 0.25) is 17.7 Å². The van der Waals surface area contributed by atoms with Gasteiger partial charge in [0.25, 0.3) is 0 Å². The van der Waals surface area contributed by atoms with Gasteiger partial charge in [-0.2, -0.15) is 0 Å². The molecule has 3 aromatic rings. The SMILES string of the molecule is COc1ccc(-c2c(C(=O)O)sc3c2NC(=O)C[C@@]32C(=O)N(CC(N)=O)c3ccccc32)cc1. The van der Waals surface area contributed by atoms with Crippen LogP contribution in [0.5, 0.6) is 5.75 Å². The number of benzene rings is 2. The number of carbonyl (C=O) groups excluding carboxylic acids is 3. The van der Waals surface area contributed by atoms with Crippen LogP contribution in [0.4, 0.5) is 11.4 Å². The molecule has 2 aromatic carbocycles. The number of nitrogens with one attached hydrogen (secondary N) is 1. The van der Waals surface area contributed by atoms with Crippen molar-refractivity contribution in [1.29, 1.82) is 0 Å². The lowest BCUT2D eigenvalue weighted by molar-refractivity contribution is -0.127. The predicted octanol–water partition coefficient (Wildman–Crippen LogP) is 2.58. The Hall–Kier alpha value is -4.18. The maximum Gasteiger partial charge on any atom is 0.346 e. The first-order chi connectivity index (χ1) is 16.3. The number of anilines is 2. The normalized spacial score (nSPS) is 18.4. The molecule has 0 bridgehead atoms. The number of nitrogens with zero attached hydrogens (tertiary/aromatic N) is 1. The molecule has 3 amide bonds. The van der Waals surface area contributed by atoms with Crippen LogP contribution in [0, 0.1) is 0 Å². The Bertz CT molecular complexity index is 1380. The molecular weight excluding hydrogens is 458 g/mol. The van der Waals surface area contributed by atoms with E-state index in [1.807, 2.05) is 0 Å². The van der Waals surface area contributed by atoms with E-state index in [1.165, 1.54) is 12.0 Å². The van der Waals surface area contributed by atoms with Gasteiger partial charge in [-0.05, 0) is 29.3 Å². The van der Waals surface area contributed by atoms with Crippen molar-refractivity contribution in [3.05, 3.63) is 63.8 Å². The molecule has 0 fully saturated rings. The van der Waals surface area contributed by atoms with Gasteiger partial charge in [-0.15, -0.1) is 11.3 Å². The molecule has 2 aliphatic rings. The van der Waals surface area contributed by atoms with Crippen LogP contribution in [-0.2, 0) is 19.8 Å². The zero-order valence-electron chi connectivity index (χ0n) is 18.0. The monoisotopic (exact) mass is 477 g/mol. The molecule has 5 rings (SSSR count). The number of nitrogens with two attached hydrogens (primary N) is 1. The van der Waals surface area contributed by atoms with Gasteiger partial charge >= 0.3 is 5.97 Å². The lowest BCUT2D eigenvalue weighted by Crippen LogP contribution is -2.47.